The van der Waals surface area contributed by atoms with Crippen LogP contribution in [0.2, 0.25) is 0 Å². The van der Waals surface area contributed by atoms with E-state index >= 15 is 0 Å². The van der Waals surface area contributed by atoms with Crippen LogP contribution in [0.1, 0.15) is 57.0 Å². The Kier molecular flexibility index (Phi) is 9.54. The average molecular weight is 466 g/mol. The summed E-state index contributed by atoms with van der Waals surface area (Å²) in [5.74, 6) is -2.26. The summed E-state index contributed by atoms with van der Waals surface area (Å²) in [4.78, 5) is 51.6. The second-order valence-corrected chi connectivity index (χ2v) is 9.84. The molecular formula is C27H35N3O4. The summed E-state index contributed by atoms with van der Waals surface area (Å²) in [6, 6.07) is 15.9. The fourth-order valence-electron chi connectivity index (χ4n) is 3.43. The molecule has 0 aliphatic heterocycles. The SMILES string of the molecule is CC(C)CC(NC(=O)c1ccccc1)C(=O)NC(Cc1ccccc1)C(=O)C(=O)NC(C)(C)C. The number of ketones is 1. The van der Waals surface area contributed by atoms with Gasteiger partial charge in [0.05, 0.1) is 0 Å². The van der Waals surface area contributed by atoms with Gasteiger partial charge in [-0.2, -0.15) is 0 Å². The zero-order chi connectivity index (χ0) is 25.3. The van der Waals surface area contributed by atoms with Crippen molar-refractivity contribution in [3.05, 3.63) is 71.8 Å². The standard InChI is InChI=1S/C27H35N3O4/c1-18(2)16-22(29-24(32)20-14-10-7-11-15-20)25(33)28-21(17-19-12-8-6-9-13-19)23(31)26(34)30-27(3,4)5/h6-15,18,21-22H,16-17H2,1-5H3,(H,28,33)(H,29,32)(H,30,34). The number of benzene rings is 2. The van der Waals surface area contributed by atoms with Crippen LogP contribution in [0.5, 0.6) is 0 Å². The minimum absolute atomic E-state index is 0.110. The summed E-state index contributed by atoms with van der Waals surface area (Å²) in [6.45, 7) is 9.22. The highest BCUT2D eigenvalue weighted by atomic mass is 16.2. The van der Waals surface area contributed by atoms with E-state index in [0.29, 0.717) is 12.0 Å². The van der Waals surface area contributed by atoms with Gasteiger partial charge >= 0.3 is 0 Å². The van der Waals surface area contributed by atoms with Crippen LogP contribution in [0.3, 0.4) is 0 Å². The molecule has 0 saturated heterocycles. The van der Waals surface area contributed by atoms with Crippen molar-refractivity contribution in [1.82, 2.24) is 16.0 Å². The molecule has 0 fully saturated rings. The Hall–Kier alpha value is -3.48. The molecule has 7 nitrogen and oxygen atoms in total. The zero-order valence-electron chi connectivity index (χ0n) is 20.6. The number of hydrogen-bond donors (Lipinski definition) is 3. The molecule has 2 aromatic carbocycles. The predicted octanol–water partition coefficient (Wildman–Crippen LogP) is 3.04. The number of Topliss-reactive ketones (excluding diaryl/α,β-unsaturated/α-hetero) is 1. The second-order valence-electron chi connectivity index (χ2n) is 9.84. The molecule has 0 aliphatic carbocycles. The minimum Gasteiger partial charge on any atom is -0.345 e. The van der Waals surface area contributed by atoms with E-state index < -0.39 is 35.2 Å². The minimum atomic E-state index is -1.07. The molecule has 34 heavy (non-hydrogen) atoms. The van der Waals surface area contributed by atoms with Gasteiger partial charge in [0.25, 0.3) is 11.8 Å². The normalized spacial score (nSPS) is 13.0. The third-order valence-electron chi connectivity index (χ3n) is 4.99. The summed E-state index contributed by atoms with van der Waals surface area (Å²) in [5.41, 5.74) is 0.640. The van der Waals surface area contributed by atoms with Crippen molar-refractivity contribution in [2.24, 2.45) is 5.92 Å². The van der Waals surface area contributed by atoms with Crippen molar-refractivity contribution in [1.29, 1.82) is 0 Å². The van der Waals surface area contributed by atoms with Crippen molar-refractivity contribution in [2.75, 3.05) is 0 Å². The summed E-state index contributed by atoms with van der Waals surface area (Å²) in [7, 11) is 0. The molecule has 0 aromatic heterocycles. The van der Waals surface area contributed by atoms with E-state index in [9.17, 15) is 19.2 Å². The molecule has 0 heterocycles. The maximum absolute atomic E-state index is 13.2. The highest BCUT2D eigenvalue weighted by Crippen LogP contribution is 2.10. The topological polar surface area (TPSA) is 104 Å². The van der Waals surface area contributed by atoms with Gasteiger partial charge in [-0.25, -0.2) is 0 Å². The molecule has 2 aromatic rings. The van der Waals surface area contributed by atoms with E-state index in [1.54, 1.807) is 51.1 Å². The molecule has 182 valence electrons. The lowest BCUT2D eigenvalue weighted by atomic mass is 9.98. The number of carbonyl (C=O) groups excluding carboxylic acids is 4. The summed E-state index contributed by atoms with van der Waals surface area (Å²) < 4.78 is 0. The first-order valence-corrected chi connectivity index (χ1v) is 11.5. The highest BCUT2D eigenvalue weighted by Gasteiger charge is 2.32. The van der Waals surface area contributed by atoms with Crippen LogP contribution in [0.4, 0.5) is 0 Å². The van der Waals surface area contributed by atoms with Crippen molar-refractivity contribution in [3.63, 3.8) is 0 Å². The van der Waals surface area contributed by atoms with Crippen LogP contribution in [0.25, 0.3) is 0 Å². The van der Waals surface area contributed by atoms with Crippen LogP contribution < -0.4 is 16.0 Å². The lowest BCUT2D eigenvalue weighted by Crippen LogP contribution is -2.56. The van der Waals surface area contributed by atoms with E-state index in [2.05, 4.69) is 16.0 Å². The largest absolute Gasteiger partial charge is 0.345 e. The Bertz CT molecular complexity index is 982. The molecule has 7 heteroatoms. The van der Waals surface area contributed by atoms with Crippen molar-refractivity contribution in [2.45, 2.75) is 65.1 Å². The Morgan fingerprint density at radius 2 is 1.35 bits per heavy atom. The van der Waals surface area contributed by atoms with Gasteiger partial charge in [-0.05, 0) is 50.8 Å². The Labute approximate surface area is 201 Å². The van der Waals surface area contributed by atoms with E-state index in [0.717, 1.165) is 5.56 Å². The molecule has 0 spiro atoms. The zero-order valence-corrected chi connectivity index (χ0v) is 20.6. The fourth-order valence-corrected chi connectivity index (χ4v) is 3.43. The van der Waals surface area contributed by atoms with Gasteiger partial charge in [-0.3, -0.25) is 19.2 Å². The first-order chi connectivity index (χ1) is 16.0. The summed E-state index contributed by atoms with van der Waals surface area (Å²) in [5, 5.41) is 8.17. The first-order valence-electron chi connectivity index (χ1n) is 11.5. The van der Waals surface area contributed by atoms with E-state index in [-0.39, 0.29) is 18.2 Å². The van der Waals surface area contributed by atoms with Crippen LogP contribution in [-0.2, 0) is 20.8 Å². The van der Waals surface area contributed by atoms with E-state index in [1.807, 2.05) is 44.2 Å². The molecule has 2 unspecified atom stereocenters. The molecule has 0 bridgehead atoms. The Balaban J connectivity index is 2.24. The molecule has 3 N–H and O–H groups in total. The van der Waals surface area contributed by atoms with Crippen LogP contribution in [0, 0.1) is 5.92 Å². The van der Waals surface area contributed by atoms with E-state index in [1.165, 1.54) is 0 Å². The van der Waals surface area contributed by atoms with Crippen molar-refractivity contribution in [3.8, 4) is 0 Å². The maximum Gasteiger partial charge on any atom is 0.290 e. The Morgan fingerprint density at radius 1 is 0.794 bits per heavy atom. The second kappa shape index (κ2) is 12.1. The predicted molar refractivity (Wildman–Crippen MR) is 132 cm³/mol. The molecule has 0 aliphatic rings. The molecule has 2 atom stereocenters. The average Bonchev–Trinajstić information content (AvgIpc) is 2.77. The van der Waals surface area contributed by atoms with Gasteiger partial charge in [0, 0.05) is 17.5 Å². The smallest absolute Gasteiger partial charge is 0.290 e. The lowest BCUT2D eigenvalue weighted by Gasteiger charge is -2.25. The van der Waals surface area contributed by atoms with Crippen molar-refractivity contribution < 1.29 is 19.2 Å². The number of carbonyl (C=O) groups is 4. The van der Waals surface area contributed by atoms with Crippen LogP contribution in [0.15, 0.2) is 60.7 Å². The molecule has 0 saturated carbocycles. The van der Waals surface area contributed by atoms with Gasteiger partial charge in [0.2, 0.25) is 11.7 Å². The van der Waals surface area contributed by atoms with Gasteiger partial charge in [-0.15, -0.1) is 0 Å². The third-order valence-corrected chi connectivity index (χ3v) is 4.99. The molecule has 3 amide bonds. The quantitative estimate of drug-likeness (QED) is 0.469. The third kappa shape index (κ3) is 8.81. The number of nitrogens with one attached hydrogen (secondary N) is 3. The monoisotopic (exact) mass is 465 g/mol. The molecular weight excluding hydrogens is 430 g/mol. The fraction of sp³-hybridized carbons (Fsp3) is 0.407. The maximum atomic E-state index is 13.2. The number of amides is 3. The Morgan fingerprint density at radius 3 is 1.88 bits per heavy atom. The molecule has 2 rings (SSSR count). The van der Waals surface area contributed by atoms with Crippen LogP contribution >= 0.6 is 0 Å². The van der Waals surface area contributed by atoms with E-state index in [4.69, 9.17) is 0 Å². The number of rotatable bonds is 10. The van der Waals surface area contributed by atoms with Crippen LogP contribution in [-0.4, -0.2) is 41.1 Å². The van der Waals surface area contributed by atoms with Crippen molar-refractivity contribution >= 4 is 23.5 Å². The lowest BCUT2D eigenvalue weighted by molar-refractivity contribution is -0.141. The van der Waals surface area contributed by atoms with Gasteiger partial charge in [0.15, 0.2) is 0 Å². The highest BCUT2D eigenvalue weighted by molar-refractivity contribution is 6.38. The van der Waals surface area contributed by atoms with Gasteiger partial charge in [0.1, 0.15) is 12.1 Å². The van der Waals surface area contributed by atoms with Gasteiger partial charge < -0.3 is 16.0 Å². The van der Waals surface area contributed by atoms with Gasteiger partial charge in [-0.1, -0.05) is 62.4 Å². The first kappa shape index (κ1) is 26.8. The summed E-state index contributed by atoms with van der Waals surface area (Å²) in [6.07, 6.45) is 0.537. The summed E-state index contributed by atoms with van der Waals surface area (Å²) >= 11 is 0. The molecule has 0 radical (unpaired) electrons. The number of hydrogen-bond acceptors (Lipinski definition) is 4.